The van der Waals surface area contributed by atoms with Crippen molar-refractivity contribution in [1.82, 2.24) is 0 Å². The zero-order valence-corrected chi connectivity index (χ0v) is 54.4. The predicted molar refractivity (Wildman–Crippen MR) is 354 cm³/mol. The molecule has 8 aromatic carbocycles. The average Bonchev–Trinajstić information content (AvgIpc) is 1.63. The number of para-hydroxylation sites is 1. The van der Waals surface area contributed by atoms with Gasteiger partial charge in [-0.3, -0.25) is 24.5 Å². The summed E-state index contributed by atoms with van der Waals surface area (Å²) in [5.41, 5.74) is 2.90. The number of carbonyl (C=O) groups excluding carboxylic acids is 3. The molecule has 0 bridgehead atoms. The Hall–Kier alpha value is -9.93. The molecule has 6 N–H and O–H groups in total. The number of ether oxygens (including phenoxy) is 6. The van der Waals surface area contributed by atoms with Crippen LogP contribution in [-0.4, -0.2) is 126 Å². The quantitative estimate of drug-likeness (QED) is 0.00530. The Bertz CT molecular complexity index is 3870. The summed E-state index contributed by atoms with van der Waals surface area (Å²) in [5.74, 6) is -7.33. The number of phenolic OH excluding ortho intramolecular Hbond substituents is 5. The molecule has 0 amide bonds. The van der Waals surface area contributed by atoms with Gasteiger partial charge in [0, 0.05) is 40.7 Å². The largest absolute Gasteiger partial charge is 0.504 e. The lowest BCUT2D eigenvalue weighted by Crippen LogP contribution is -2.41. The maximum absolute atomic E-state index is 14.6. The second-order valence-corrected chi connectivity index (χ2v) is 22.7. The fourth-order valence-electron chi connectivity index (χ4n) is 9.15. The molecular weight excluding hydrogens is 1300 g/mol. The van der Waals surface area contributed by atoms with Crippen LogP contribution < -0.4 is 25.1 Å². The van der Waals surface area contributed by atoms with Gasteiger partial charge in [0.15, 0.2) is 87.7 Å². The van der Waals surface area contributed by atoms with Crippen LogP contribution >= 0.6 is 0 Å². The number of rotatable bonds is 27. The molecule has 2 aliphatic rings. The van der Waals surface area contributed by atoms with Crippen LogP contribution in [0, 0.1) is 39.2 Å². The van der Waals surface area contributed by atoms with Crippen molar-refractivity contribution in [3.63, 3.8) is 0 Å². The molecule has 10 rings (SSSR count). The van der Waals surface area contributed by atoms with Crippen LogP contribution in [-0.2, 0) is 48.0 Å². The number of nitrogens with zero attached hydrogens (tertiary/aromatic N) is 1. The minimum atomic E-state index is -1.45. The van der Waals surface area contributed by atoms with Gasteiger partial charge in [-0.1, -0.05) is 103 Å². The fourth-order valence-corrected chi connectivity index (χ4v) is 9.15. The zero-order valence-electron chi connectivity index (χ0n) is 54.4. The highest BCUT2D eigenvalue weighted by Gasteiger charge is 2.53. The van der Waals surface area contributed by atoms with E-state index >= 15 is 0 Å². The number of hydrogen-bond acceptors (Lipinski definition) is 20. The zero-order chi connectivity index (χ0) is 72.1. The lowest BCUT2D eigenvalue weighted by Gasteiger charge is -2.32. The van der Waals surface area contributed by atoms with Gasteiger partial charge in [0.25, 0.3) is 0 Å². The molecule has 0 spiro atoms. The first-order valence-electron chi connectivity index (χ1n) is 30.8. The van der Waals surface area contributed by atoms with Crippen molar-refractivity contribution in [3.8, 4) is 46.0 Å². The Morgan fingerprint density at radius 3 is 1.29 bits per heavy atom. The monoisotopic (exact) mass is 1380 g/mol. The smallest absolute Gasteiger partial charge is 0.499 e. The number of hydrogen-bond donors (Lipinski definition) is 6. The molecule has 1 unspecified atom stereocenters. The standard InChI is InChI=1S/C23H28BFO5.C18H19BFNO6.C17H17FO4.C7H5FO3.C6H5FO2/c1-22(2)23(3,4)30-24(29-22)20-18(15-26)11-12-19(25)21(20)28-14-8-13-27-16-17-9-6-5-7-10-17;20-15-8-7-14-16(11-21(23)24)27-19(22)17(14)18(15)26-10-4-9-25-12-13-5-2-1-3-6-13;18-15-8-7-14(11-19)16(20)17(15)22-10-4-9-21-12-13-5-2-1-3-6-13;8-5-2-1-4(3-9)6(10)7(5)11;7-4-2-1-3-5(8)6(4)9/h5-7,9-12,15H,8,13-14,16H2,1-4H3;1-3,5-8,16,22H,4,9-12H2;1-3,5-8,11,20H,4,9-10,12H2;1-3,10-11H;1-3,8-9H. The van der Waals surface area contributed by atoms with Gasteiger partial charge in [-0.15, -0.1) is 0 Å². The highest BCUT2D eigenvalue weighted by molar-refractivity contribution is 6.64. The number of aldehydes is 3. The maximum atomic E-state index is 14.6. The van der Waals surface area contributed by atoms with Crippen LogP contribution in [0.3, 0.4) is 0 Å². The SMILES string of the molecule is CC1(C)OB(c2c(C=O)ccc(F)c2OCCCOCc2ccccc2)OC1(C)C.O=Cc1ccc(F)c(O)c1O.O=Cc1ccc(F)c(OCCCOCc2ccccc2)c1O.O=[N+]([O-])CC1OB(O)c2c1ccc(F)c2OCCCOCc1ccccc1.Oc1cccc(F)c1O. The Kier molecular flexibility index (Phi) is 30.6. The van der Waals surface area contributed by atoms with E-state index in [-0.39, 0.29) is 64.7 Å². The number of halogens is 5. The maximum Gasteiger partial charge on any atom is 0.499 e. The van der Waals surface area contributed by atoms with Crippen molar-refractivity contribution >= 4 is 44.0 Å². The topological polar surface area (TPSA) is 299 Å². The van der Waals surface area contributed by atoms with Gasteiger partial charge in [0.2, 0.25) is 6.54 Å². The highest BCUT2D eigenvalue weighted by atomic mass is 19.1. The van der Waals surface area contributed by atoms with Crippen LogP contribution in [0.2, 0.25) is 0 Å². The second kappa shape index (κ2) is 38.9. The molecule has 1 saturated heterocycles. The Morgan fingerprint density at radius 1 is 0.465 bits per heavy atom. The summed E-state index contributed by atoms with van der Waals surface area (Å²) in [6.45, 7) is 10.5. The minimum absolute atomic E-state index is 0.00303. The van der Waals surface area contributed by atoms with Crippen LogP contribution in [0.1, 0.15) is 106 Å². The van der Waals surface area contributed by atoms with E-state index in [4.69, 9.17) is 62.8 Å². The third-order valence-corrected chi connectivity index (χ3v) is 15.0. The molecule has 28 heteroatoms. The van der Waals surface area contributed by atoms with Crippen molar-refractivity contribution < 1.29 is 114 Å². The van der Waals surface area contributed by atoms with Crippen molar-refractivity contribution in [2.75, 3.05) is 46.2 Å². The summed E-state index contributed by atoms with van der Waals surface area (Å²) in [5, 5.41) is 65.2. The molecule has 0 aromatic heterocycles. The van der Waals surface area contributed by atoms with E-state index in [9.17, 15) is 56.6 Å². The molecule has 8 aromatic rings. The van der Waals surface area contributed by atoms with E-state index in [1.807, 2.05) is 119 Å². The third-order valence-electron chi connectivity index (χ3n) is 15.0. The first-order valence-corrected chi connectivity index (χ1v) is 30.8. The number of fused-ring (bicyclic) bond motifs is 1. The first-order chi connectivity index (χ1) is 47.4. The molecule has 0 aliphatic carbocycles. The lowest BCUT2D eigenvalue weighted by molar-refractivity contribution is -0.490. The van der Waals surface area contributed by atoms with E-state index in [2.05, 4.69) is 0 Å². The van der Waals surface area contributed by atoms with Crippen molar-refractivity contribution in [3.05, 3.63) is 236 Å². The Labute approximate surface area is 568 Å². The van der Waals surface area contributed by atoms with Gasteiger partial charge in [-0.05, 0) is 105 Å². The number of phenols is 5. The van der Waals surface area contributed by atoms with Gasteiger partial charge < -0.3 is 72.9 Å². The van der Waals surface area contributed by atoms with Gasteiger partial charge in [-0.2, -0.15) is 0 Å². The van der Waals surface area contributed by atoms with Crippen LogP contribution in [0.5, 0.6) is 46.0 Å². The molecule has 1 fully saturated rings. The summed E-state index contributed by atoms with van der Waals surface area (Å²) < 4.78 is 117. The van der Waals surface area contributed by atoms with Crippen LogP contribution in [0.25, 0.3) is 0 Å². The lowest BCUT2D eigenvalue weighted by atomic mass is 9.75. The number of aromatic hydroxyl groups is 5. The van der Waals surface area contributed by atoms with E-state index in [1.165, 1.54) is 36.4 Å². The fraction of sp³-hybridized carbons (Fsp3) is 0.282. The molecule has 99 heavy (non-hydrogen) atoms. The normalized spacial score (nSPS) is 13.7. The van der Waals surface area contributed by atoms with E-state index in [0.717, 1.165) is 47.0 Å². The molecular formula is C71H74B2F5NO20. The van der Waals surface area contributed by atoms with E-state index in [0.29, 0.717) is 83.3 Å². The van der Waals surface area contributed by atoms with Crippen LogP contribution in [0.4, 0.5) is 22.0 Å². The summed E-state index contributed by atoms with van der Waals surface area (Å²) >= 11 is 0. The summed E-state index contributed by atoms with van der Waals surface area (Å²) in [6.07, 6.45) is 2.14. The number of carbonyl (C=O) groups is 3. The highest BCUT2D eigenvalue weighted by Crippen LogP contribution is 2.39. The van der Waals surface area contributed by atoms with Crippen LogP contribution in [0.15, 0.2) is 158 Å². The minimum Gasteiger partial charge on any atom is -0.504 e. The molecule has 0 saturated carbocycles. The van der Waals surface area contributed by atoms with Crippen molar-refractivity contribution in [1.29, 1.82) is 0 Å². The molecule has 2 aliphatic heterocycles. The Morgan fingerprint density at radius 2 is 0.859 bits per heavy atom. The average molecular weight is 1380 g/mol. The summed E-state index contributed by atoms with van der Waals surface area (Å²) in [4.78, 5) is 42.6. The van der Waals surface area contributed by atoms with E-state index in [1.54, 1.807) is 0 Å². The second-order valence-electron chi connectivity index (χ2n) is 22.7. The van der Waals surface area contributed by atoms with Crippen molar-refractivity contribution in [2.24, 2.45) is 0 Å². The van der Waals surface area contributed by atoms with Gasteiger partial charge in [0.1, 0.15) is 12.4 Å². The first kappa shape index (κ1) is 78.1. The van der Waals surface area contributed by atoms with Gasteiger partial charge in [0.05, 0.1) is 81.8 Å². The number of benzene rings is 8. The molecule has 21 nitrogen and oxygen atoms in total. The van der Waals surface area contributed by atoms with E-state index < -0.39 is 101 Å². The Balaban J connectivity index is 0.000000207. The third kappa shape index (κ3) is 23.1. The summed E-state index contributed by atoms with van der Waals surface area (Å²) in [7, 11) is -2.35. The molecule has 524 valence electrons. The van der Waals surface area contributed by atoms with Gasteiger partial charge >= 0.3 is 14.2 Å². The van der Waals surface area contributed by atoms with Gasteiger partial charge in [-0.25, -0.2) is 22.0 Å². The summed E-state index contributed by atoms with van der Waals surface area (Å²) in [6, 6.07) is 42.4. The molecule has 2 heterocycles. The molecule has 1 atom stereocenters. The number of nitro groups is 1. The van der Waals surface area contributed by atoms with Crippen molar-refractivity contribution in [2.45, 2.75) is 84.1 Å². The predicted octanol–water partition coefficient (Wildman–Crippen LogP) is 11.4. The molecule has 0 radical (unpaired) electrons.